The van der Waals surface area contributed by atoms with Crippen LogP contribution in [0.3, 0.4) is 0 Å². The van der Waals surface area contributed by atoms with Crippen molar-refractivity contribution in [2.75, 3.05) is 13.2 Å². The number of epoxide rings is 1. The van der Waals surface area contributed by atoms with Gasteiger partial charge >= 0.3 is 5.97 Å². The first-order chi connectivity index (χ1) is 19.5. The minimum Gasteiger partial charge on any atom is -0.460 e. The van der Waals surface area contributed by atoms with Crippen LogP contribution in [0.25, 0.3) is 0 Å². The quantitative estimate of drug-likeness (QED) is 0.292. The Morgan fingerprint density at radius 1 is 0.854 bits per heavy atom. The van der Waals surface area contributed by atoms with E-state index in [2.05, 4.69) is 34.6 Å². The second-order valence-electron chi connectivity index (χ2n) is 16.9. The van der Waals surface area contributed by atoms with Gasteiger partial charge in [0.1, 0.15) is 12.2 Å². The Balaban J connectivity index is 1.24. The Morgan fingerprint density at radius 2 is 1.61 bits per heavy atom. The molecule has 0 bridgehead atoms. The van der Waals surface area contributed by atoms with E-state index in [0.29, 0.717) is 30.0 Å². The van der Waals surface area contributed by atoms with Crippen LogP contribution < -0.4 is 0 Å². The highest BCUT2D eigenvalue weighted by Crippen LogP contribution is 2.78. The molecule has 4 nitrogen and oxygen atoms in total. The van der Waals surface area contributed by atoms with E-state index >= 15 is 0 Å². The lowest BCUT2D eigenvalue weighted by Crippen LogP contribution is -2.66. The summed E-state index contributed by atoms with van der Waals surface area (Å²) < 4.78 is 12.3. The monoisotopic (exact) mass is 562 g/mol. The van der Waals surface area contributed by atoms with Gasteiger partial charge in [0.15, 0.2) is 0 Å². The van der Waals surface area contributed by atoms with E-state index in [4.69, 9.17) is 9.47 Å². The molecule has 1 N–H and O–H groups in total. The molecule has 6 unspecified atom stereocenters. The number of carbonyl (C=O) groups is 1. The van der Waals surface area contributed by atoms with Gasteiger partial charge in [-0.3, -0.25) is 4.79 Å². The molecule has 41 heavy (non-hydrogen) atoms. The molecular weight excluding hydrogens is 508 g/mol. The Bertz CT molecular complexity index is 1170. The van der Waals surface area contributed by atoms with Gasteiger partial charge in [0.25, 0.3) is 0 Å². The molecule has 4 heteroatoms. The van der Waals surface area contributed by atoms with E-state index in [9.17, 15) is 9.90 Å². The summed E-state index contributed by atoms with van der Waals surface area (Å²) in [6.07, 6.45) is 13.2. The van der Waals surface area contributed by atoms with Gasteiger partial charge in [0.05, 0.1) is 18.6 Å². The zero-order chi connectivity index (χ0) is 28.9. The first kappa shape index (κ1) is 28.4. The van der Waals surface area contributed by atoms with Gasteiger partial charge in [-0.25, -0.2) is 0 Å². The van der Waals surface area contributed by atoms with Crippen molar-refractivity contribution in [2.24, 2.45) is 56.7 Å². The van der Waals surface area contributed by atoms with Gasteiger partial charge in [0.2, 0.25) is 0 Å². The maximum Gasteiger partial charge on any atom is 0.312 e. The van der Waals surface area contributed by atoms with E-state index in [1.807, 2.05) is 30.3 Å². The number of hydrogen-bond acceptors (Lipinski definition) is 4. The van der Waals surface area contributed by atoms with E-state index in [1.54, 1.807) is 0 Å². The SMILES string of the molecule is CC1(C)CCC[C@@]2(C)C1CC[C@]1(C)C2CCC2C3C(C4(CO)CO4)CC[C@]3(C(=O)OCc3ccccc3)CC[C@]21C. The number of fused-ring (bicyclic) bond motifs is 7. The van der Waals surface area contributed by atoms with Crippen LogP contribution in [-0.2, 0) is 20.9 Å². The standard InChI is InChI=1S/C37H54O4/c1-32(2)16-9-17-33(3)28(32)15-18-35(5)29(33)13-12-26-30-27(37(23-38)24-41-37)14-19-36(30,21-20-34(26,35)4)31(39)40-22-25-10-7-6-8-11-25/h6-8,10-11,26-30,38H,9,12-24H2,1-5H3/t26?,27?,28?,29?,30?,33-,34+,35+,36-,37?/m0/s1. The summed E-state index contributed by atoms with van der Waals surface area (Å²) in [7, 11) is 0. The zero-order valence-corrected chi connectivity index (χ0v) is 26.3. The maximum absolute atomic E-state index is 14.3. The van der Waals surface area contributed by atoms with Crippen molar-refractivity contribution in [1.29, 1.82) is 0 Å². The zero-order valence-electron chi connectivity index (χ0n) is 26.3. The summed E-state index contributed by atoms with van der Waals surface area (Å²) in [4.78, 5) is 14.3. The molecule has 5 aliphatic carbocycles. The highest BCUT2D eigenvalue weighted by atomic mass is 16.6. The number of benzene rings is 1. The molecule has 1 aromatic carbocycles. The van der Waals surface area contributed by atoms with Gasteiger partial charge in [0, 0.05) is 0 Å². The second kappa shape index (κ2) is 9.31. The highest BCUT2D eigenvalue weighted by Gasteiger charge is 2.74. The molecule has 0 spiro atoms. The first-order valence-corrected chi connectivity index (χ1v) is 16.9. The van der Waals surface area contributed by atoms with Crippen molar-refractivity contribution < 1.29 is 19.4 Å². The molecule has 0 radical (unpaired) electrons. The molecule has 6 aliphatic rings. The van der Waals surface area contributed by atoms with Gasteiger partial charge in [-0.1, -0.05) is 71.4 Å². The molecule has 7 rings (SSSR count). The third-order valence-corrected chi connectivity index (χ3v) is 15.3. The molecule has 5 saturated carbocycles. The minimum atomic E-state index is -0.450. The van der Waals surface area contributed by atoms with Crippen molar-refractivity contribution in [3.05, 3.63) is 35.9 Å². The predicted molar refractivity (Wildman–Crippen MR) is 161 cm³/mol. The van der Waals surface area contributed by atoms with E-state index in [1.165, 1.54) is 44.9 Å². The van der Waals surface area contributed by atoms with Gasteiger partial charge in [-0.15, -0.1) is 0 Å². The van der Waals surface area contributed by atoms with Crippen LogP contribution in [0.2, 0.25) is 0 Å². The number of aliphatic hydroxyl groups is 1. The average Bonchev–Trinajstić information content (AvgIpc) is 3.64. The first-order valence-electron chi connectivity index (χ1n) is 16.9. The van der Waals surface area contributed by atoms with Crippen LogP contribution >= 0.6 is 0 Å². The van der Waals surface area contributed by atoms with Crippen LogP contribution in [0.4, 0.5) is 0 Å². The third kappa shape index (κ3) is 3.81. The van der Waals surface area contributed by atoms with Gasteiger partial charge in [-0.05, 0) is 121 Å². The summed E-state index contributed by atoms with van der Waals surface area (Å²) in [5, 5.41) is 10.6. The molecule has 1 heterocycles. The number of hydrogen-bond donors (Lipinski definition) is 1. The Kier molecular flexibility index (Phi) is 6.44. The number of rotatable bonds is 5. The highest BCUT2D eigenvalue weighted by molar-refractivity contribution is 5.78. The molecule has 1 aromatic rings. The summed E-state index contributed by atoms with van der Waals surface area (Å²) in [6.45, 7) is 14.1. The van der Waals surface area contributed by atoms with Crippen LogP contribution in [0.5, 0.6) is 0 Å². The third-order valence-electron chi connectivity index (χ3n) is 15.3. The van der Waals surface area contributed by atoms with E-state index in [0.717, 1.165) is 43.1 Å². The molecule has 6 fully saturated rings. The summed E-state index contributed by atoms with van der Waals surface area (Å²) in [5.74, 6) is 2.51. The van der Waals surface area contributed by atoms with E-state index in [-0.39, 0.29) is 35.2 Å². The fraction of sp³-hybridized carbons (Fsp3) is 0.811. The summed E-state index contributed by atoms with van der Waals surface area (Å²) in [6, 6.07) is 10.1. The number of aliphatic hydroxyl groups excluding tert-OH is 1. The van der Waals surface area contributed by atoms with Crippen molar-refractivity contribution in [3.63, 3.8) is 0 Å². The van der Waals surface area contributed by atoms with Crippen molar-refractivity contribution in [1.82, 2.24) is 0 Å². The minimum absolute atomic E-state index is 0.0154. The molecule has 1 saturated heterocycles. The van der Waals surface area contributed by atoms with Crippen LogP contribution in [0, 0.1) is 56.7 Å². The van der Waals surface area contributed by atoms with Crippen molar-refractivity contribution >= 4 is 5.97 Å². The number of ether oxygens (including phenoxy) is 2. The smallest absolute Gasteiger partial charge is 0.312 e. The maximum atomic E-state index is 14.3. The predicted octanol–water partition coefficient (Wildman–Crippen LogP) is 7.96. The second-order valence-corrected chi connectivity index (χ2v) is 16.9. The summed E-state index contributed by atoms with van der Waals surface area (Å²) in [5.41, 5.74) is 1.46. The molecule has 226 valence electrons. The molecule has 10 atom stereocenters. The Labute approximate surface area is 248 Å². The number of esters is 1. The summed E-state index contributed by atoms with van der Waals surface area (Å²) >= 11 is 0. The van der Waals surface area contributed by atoms with Gasteiger partial charge in [-0.2, -0.15) is 0 Å². The molecule has 0 amide bonds. The average molecular weight is 563 g/mol. The lowest BCUT2D eigenvalue weighted by molar-refractivity contribution is -0.241. The van der Waals surface area contributed by atoms with Crippen molar-refractivity contribution in [3.8, 4) is 0 Å². The number of carbonyl (C=O) groups excluding carboxylic acids is 1. The molecular formula is C37H54O4. The fourth-order valence-corrected chi connectivity index (χ4v) is 13.0. The lowest BCUT2D eigenvalue weighted by Gasteiger charge is -2.72. The molecule has 1 aliphatic heterocycles. The van der Waals surface area contributed by atoms with Crippen LogP contribution in [-0.4, -0.2) is 29.9 Å². The molecule has 0 aromatic heterocycles. The lowest BCUT2D eigenvalue weighted by atomic mass is 9.32. The van der Waals surface area contributed by atoms with E-state index < -0.39 is 11.0 Å². The van der Waals surface area contributed by atoms with Crippen LogP contribution in [0.1, 0.15) is 111 Å². The fourth-order valence-electron chi connectivity index (χ4n) is 13.0. The Hall–Kier alpha value is -1.39. The van der Waals surface area contributed by atoms with Crippen molar-refractivity contribution in [2.45, 2.75) is 117 Å². The largest absolute Gasteiger partial charge is 0.460 e. The topological polar surface area (TPSA) is 59.1 Å². The van der Waals surface area contributed by atoms with Gasteiger partial charge < -0.3 is 14.6 Å². The van der Waals surface area contributed by atoms with Crippen LogP contribution in [0.15, 0.2) is 30.3 Å². The Morgan fingerprint density at radius 3 is 2.32 bits per heavy atom. The normalized spacial score (nSPS) is 49.7.